The first kappa shape index (κ1) is 24.0. The summed E-state index contributed by atoms with van der Waals surface area (Å²) in [4.78, 5) is 20.8. The van der Waals surface area contributed by atoms with Crippen LogP contribution in [-0.4, -0.2) is 32.3 Å². The lowest BCUT2D eigenvalue weighted by atomic mass is 10.1. The lowest BCUT2D eigenvalue weighted by molar-refractivity contribution is -0.143. The summed E-state index contributed by atoms with van der Waals surface area (Å²) in [6, 6.07) is 3.97. The Morgan fingerprint density at radius 3 is 1.94 bits per heavy atom. The zero-order valence-electron chi connectivity index (χ0n) is 17.5. The van der Waals surface area contributed by atoms with Crippen LogP contribution in [0.1, 0.15) is 28.2 Å². The summed E-state index contributed by atoms with van der Waals surface area (Å²) in [6.45, 7) is 4.28. The second-order valence-corrected chi connectivity index (χ2v) is 7.11. The zero-order valence-corrected chi connectivity index (χ0v) is 17.5. The average Bonchev–Trinajstić information content (AvgIpc) is 3.04. The van der Waals surface area contributed by atoms with Gasteiger partial charge in [0.25, 0.3) is 11.9 Å². The van der Waals surface area contributed by atoms with Crippen LogP contribution < -0.4 is 10.1 Å². The third kappa shape index (κ3) is 5.99. The van der Waals surface area contributed by atoms with Gasteiger partial charge in [-0.3, -0.25) is 4.79 Å². The van der Waals surface area contributed by atoms with Crippen molar-refractivity contribution in [3.63, 3.8) is 0 Å². The Morgan fingerprint density at radius 2 is 1.42 bits per heavy atom. The minimum atomic E-state index is -5.03. The topological polar surface area (TPSA) is 81.9 Å². The van der Waals surface area contributed by atoms with E-state index in [1.54, 1.807) is 26.8 Å². The fourth-order valence-corrected chi connectivity index (χ4v) is 2.88. The molecule has 2 aromatic heterocycles. The van der Waals surface area contributed by atoms with E-state index < -0.39 is 41.7 Å². The largest absolute Gasteiger partial charge is 0.484 e. The molecular formula is C20H17F6N5O2. The lowest BCUT2D eigenvalue weighted by Crippen LogP contribution is -2.22. The van der Waals surface area contributed by atoms with Crippen LogP contribution in [0.4, 0.5) is 32.2 Å². The molecule has 3 rings (SSSR count). The summed E-state index contributed by atoms with van der Waals surface area (Å²) >= 11 is 0. The predicted octanol–water partition coefficient (Wildman–Crippen LogP) is 4.64. The molecule has 0 aliphatic rings. The summed E-state index contributed by atoms with van der Waals surface area (Å²) < 4.78 is 84.0. The van der Waals surface area contributed by atoms with Crippen LogP contribution in [0.5, 0.6) is 5.75 Å². The Hall–Kier alpha value is -3.64. The number of aryl methyl sites for hydroxylation is 3. The van der Waals surface area contributed by atoms with E-state index in [9.17, 15) is 31.1 Å². The smallest absolute Gasteiger partial charge is 0.416 e. The number of halogens is 6. The van der Waals surface area contributed by atoms with Crippen molar-refractivity contribution in [2.24, 2.45) is 0 Å². The van der Waals surface area contributed by atoms with Crippen LogP contribution in [0.2, 0.25) is 0 Å². The molecule has 176 valence electrons. The van der Waals surface area contributed by atoms with E-state index in [-0.39, 0.29) is 17.8 Å². The van der Waals surface area contributed by atoms with Crippen LogP contribution in [0.25, 0.3) is 5.95 Å². The lowest BCUT2D eigenvalue weighted by Gasteiger charge is -2.15. The van der Waals surface area contributed by atoms with Crippen molar-refractivity contribution in [3.05, 3.63) is 58.5 Å². The molecule has 0 radical (unpaired) electrons. The van der Waals surface area contributed by atoms with Crippen LogP contribution in [0.15, 0.2) is 30.3 Å². The number of alkyl halides is 6. The van der Waals surface area contributed by atoms with Crippen molar-refractivity contribution >= 4 is 11.7 Å². The molecule has 0 saturated heterocycles. The Balaban J connectivity index is 1.79. The van der Waals surface area contributed by atoms with Crippen molar-refractivity contribution < 1.29 is 35.9 Å². The second kappa shape index (κ2) is 8.71. The molecule has 0 fully saturated rings. The van der Waals surface area contributed by atoms with E-state index in [1.807, 2.05) is 0 Å². The Kier molecular flexibility index (Phi) is 6.34. The molecule has 13 heteroatoms. The van der Waals surface area contributed by atoms with E-state index in [0.29, 0.717) is 29.2 Å². The van der Waals surface area contributed by atoms with Gasteiger partial charge in [0.05, 0.1) is 16.8 Å². The van der Waals surface area contributed by atoms with E-state index in [0.717, 1.165) is 0 Å². The van der Waals surface area contributed by atoms with Crippen molar-refractivity contribution in [2.45, 2.75) is 33.1 Å². The first-order valence-corrected chi connectivity index (χ1v) is 9.34. The number of hydrogen-bond acceptors (Lipinski definition) is 5. The predicted molar refractivity (Wildman–Crippen MR) is 104 cm³/mol. The van der Waals surface area contributed by atoms with Gasteiger partial charge in [0, 0.05) is 17.5 Å². The number of anilines is 1. The van der Waals surface area contributed by atoms with Crippen molar-refractivity contribution in [2.75, 3.05) is 11.9 Å². The average molecular weight is 473 g/mol. The highest BCUT2D eigenvalue weighted by atomic mass is 19.4. The van der Waals surface area contributed by atoms with Crippen LogP contribution in [-0.2, 0) is 17.1 Å². The Bertz CT molecular complexity index is 1130. The maximum atomic E-state index is 13.0. The summed E-state index contributed by atoms with van der Waals surface area (Å²) in [5.41, 5.74) is -1.30. The first-order valence-electron chi connectivity index (χ1n) is 9.34. The molecule has 2 heterocycles. The van der Waals surface area contributed by atoms with Gasteiger partial charge in [-0.25, -0.2) is 9.97 Å². The molecule has 3 aromatic rings. The minimum Gasteiger partial charge on any atom is -0.484 e. The van der Waals surface area contributed by atoms with Gasteiger partial charge in [0.1, 0.15) is 11.6 Å². The summed E-state index contributed by atoms with van der Waals surface area (Å²) in [7, 11) is 0. The van der Waals surface area contributed by atoms with Gasteiger partial charge < -0.3 is 10.1 Å². The summed E-state index contributed by atoms with van der Waals surface area (Å²) in [5, 5.41) is 6.64. The Labute approximate surface area is 183 Å². The van der Waals surface area contributed by atoms with Gasteiger partial charge in [-0.05, 0) is 45.0 Å². The monoisotopic (exact) mass is 473 g/mol. The number of rotatable bonds is 5. The van der Waals surface area contributed by atoms with Crippen molar-refractivity contribution in [1.82, 2.24) is 19.7 Å². The molecule has 0 atom stereocenters. The molecule has 0 spiro atoms. The minimum absolute atomic E-state index is 0.0297. The first-order chi connectivity index (χ1) is 15.2. The highest BCUT2D eigenvalue weighted by Crippen LogP contribution is 2.38. The third-order valence-electron chi connectivity index (χ3n) is 4.19. The fraction of sp³-hybridized carbons (Fsp3) is 0.300. The molecule has 0 bridgehead atoms. The number of aromatic nitrogens is 4. The quantitative estimate of drug-likeness (QED) is 0.546. The molecular weight excluding hydrogens is 456 g/mol. The van der Waals surface area contributed by atoms with E-state index in [2.05, 4.69) is 20.4 Å². The molecule has 0 aliphatic carbocycles. The highest BCUT2D eigenvalue weighted by molar-refractivity contribution is 5.91. The molecule has 0 unspecified atom stereocenters. The van der Waals surface area contributed by atoms with Crippen molar-refractivity contribution in [3.8, 4) is 11.7 Å². The van der Waals surface area contributed by atoms with Crippen LogP contribution in [0.3, 0.4) is 0 Å². The standard InChI is InChI=1S/C20H17F6N5O2/c1-10-4-11(2)28-18(27-10)31-16(5-12(3)30-31)29-17(32)9-33-15-7-13(19(21,22)23)6-14(8-15)20(24,25)26/h4-8H,9H2,1-3H3,(H,29,32). The maximum Gasteiger partial charge on any atom is 0.416 e. The van der Waals surface area contributed by atoms with Crippen molar-refractivity contribution in [1.29, 1.82) is 0 Å². The number of hydrogen-bond donors (Lipinski definition) is 1. The normalized spacial score (nSPS) is 12.0. The van der Waals surface area contributed by atoms with E-state index >= 15 is 0 Å². The molecule has 1 amide bonds. The van der Waals surface area contributed by atoms with Crippen LogP contribution >= 0.6 is 0 Å². The maximum absolute atomic E-state index is 13.0. The number of ether oxygens (including phenoxy) is 1. The van der Waals surface area contributed by atoms with Gasteiger partial charge in [-0.15, -0.1) is 0 Å². The zero-order chi connectivity index (χ0) is 24.6. The Morgan fingerprint density at radius 1 is 0.879 bits per heavy atom. The number of carbonyl (C=O) groups excluding carboxylic acids is 1. The number of carbonyl (C=O) groups is 1. The number of nitrogens with zero attached hydrogens (tertiary/aromatic N) is 4. The molecule has 7 nitrogen and oxygen atoms in total. The fourth-order valence-electron chi connectivity index (χ4n) is 2.88. The molecule has 0 saturated carbocycles. The van der Waals surface area contributed by atoms with Crippen LogP contribution in [0, 0.1) is 20.8 Å². The molecule has 0 aliphatic heterocycles. The number of nitrogens with one attached hydrogen (secondary N) is 1. The summed E-state index contributed by atoms with van der Waals surface area (Å²) in [6.07, 6.45) is -10.1. The van der Waals surface area contributed by atoms with Gasteiger partial charge in [-0.1, -0.05) is 0 Å². The van der Waals surface area contributed by atoms with E-state index in [1.165, 1.54) is 10.7 Å². The second-order valence-electron chi connectivity index (χ2n) is 7.11. The third-order valence-corrected chi connectivity index (χ3v) is 4.19. The highest BCUT2D eigenvalue weighted by Gasteiger charge is 2.37. The van der Waals surface area contributed by atoms with Gasteiger partial charge in [-0.2, -0.15) is 36.1 Å². The molecule has 33 heavy (non-hydrogen) atoms. The van der Waals surface area contributed by atoms with Gasteiger partial charge in [0.2, 0.25) is 0 Å². The number of amides is 1. The van der Waals surface area contributed by atoms with Gasteiger partial charge in [0.15, 0.2) is 6.61 Å². The number of benzene rings is 1. The van der Waals surface area contributed by atoms with E-state index in [4.69, 9.17) is 4.74 Å². The SMILES string of the molecule is Cc1cc(C)nc(-n2nc(C)cc2NC(=O)COc2cc(C(F)(F)F)cc(C(F)(F)F)c2)n1. The van der Waals surface area contributed by atoms with Gasteiger partial charge >= 0.3 is 12.4 Å². The molecule has 1 N–H and O–H groups in total. The molecule has 1 aromatic carbocycles. The summed E-state index contributed by atoms with van der Waals surface area (Å²) in [5.74, 6) is -1.28.